The van der Waals surface area contributed by atoms with E-state index in [4.69, 9.17) is 4.42 Å². The molecule has 1 unspecified atom stereocenters. The third-order valence-corrected chi connectivity index (χ3v) is 5.21. The number of hydrogen-bond donors (Lipinski definition) is 1. The van der Waals surface area contributed by atoms with Crippen LogP contribution in [0.3, 0.4) is 0 Å². The van der Waals surface area contributed by atoms with E-state index in [1.54, 1.807) is 0 Å². The topological polar surface area (TPSA) is 58.4 Å². The van der Waals surface area contributed by atoms with Gasteiger partial charge in [-0.3, -0.25) is 9.69 Å². The van der Waals surface area contributed by atoms with Crippen molar-refractivity contribution in [3.05, 3.63) is 52.7 Å². The number of hydrogen-bond acceptors (Lipinski definition) is 4. The highest BCUT2D eigenvalue weighted by Crippen LogP contribution is 2.20. The quantitative estimate of drug-likeness (QED) is 0.678. The van der Waals surface area contributed by atoms with Crippen molar-refractivity contribution >= 4 is 5.91 Å². The number of carbonyl (C=O) groups excluding carboxylic acids is 1. The van der Waals surface area contributed by atoms with Gasteiger partial charge in [-0.25, -0.2) is 4.98 Å². The summed E-state index contributed by atoms with van der Waals surface area (Å²) in [6, 6.07) is 6.91. The largest absolute Gasteiger partial charge is 0.447 e. The van der Waals surface area contributed by atoms with Gasteiger partial charge in [-0.15, -0.1) is 0 Å². The van der Waals surface area contributed by atoms with Crippen molar-refractivity contribution in [3.63, 3.8) is 0 Å². The van der Waals surface area contributed by atoms with Crippen LogP contribution in [0.1, 0.15) is 67.7 Å². The highest BCUT2D eigenvalue weighted by Gasteiger charge is 2.22. The Bertz CT molecular complexity index is 780. The van der Waals surface area contributed by atoms with E-state index in [1.807, 2.05) is 0 Å². The summed E-state index contributed by atoms with van der Waals surface area (Å²) in [7, 11) is 0. The third kappa shape index (κ3) is 6.20. The highest BCUT2D eigenvalue weighted by atomic mass is 16.3. The average molecular weight is 386 g/mol. The van der Waals surface area contributed by atoms with Crippen LogP contribution < -0.4 is 5.32 Å². The molecular weight excluding hydrogens is 350 g/mol. The molecule has 0 bridgehead atoms. The second kappa shape index (κ2) is 9.87. The smallest absolute Gasteiger partial charge is 0.273 e. The van der Waals surface area contributed by atoms with Gasteiger partial charge in [0.15, 0.2) is 5.69 Å². The minimum Gasteiger partial charge on any atom is -0.447 e. The van der Waals surface area contributed by atoms with Gasteiger partial charge in [-0.1, -0.05) is 51.5 Å². The molecule has 28 heavy (non-hydrogen) atoms. The number of nitrogens with one attached hydrogen (secondary N) is 1. The van der Waals surface area contributed by atoms with E-state index in [9.17, 15) is 4.79 Å². The zero-order chi connectivity index (χ0) is 20.8. The van der Waals surface area contributed by atoms with Gasteiger partial charge in [-0.05, 0) is 43.7 Å². The average Bonchev–Trinajstić information content (AvgIpc) is 3.10. The number of carbonyl (C=O) groups is 1. The normalized spacial score (nSPS) is 12.8. The molecular formula is C23H35N3O2. The molecule has 1 heterocycles. The van der Waals surface area contributed by atoms with E-state index < -0.39 is 0 Å². The number of aromatic nitrogens is 1. The van der Waals surface area contributed by atoms with Gasteiger partial charge in [0, 0.05) is 19.1 Å². The molecule has 0 fully saturated rings. The van der Waals surface area contributed by atoms with Gasteiger partial charge >= 0.3 is 0 Å². The molecule has 5 heteroatoms. The van der Waals surface area contributed by atoms with E-state index >= 15 is 0 Å². The maximum Gasteiger partial charge on any atom is 0.273 e. The van der Waals surface area contributed by atoms with Crippen molar-refractivity contribution in [3.8, 4) is 0 Å². The first-order valence-electron chi connectivity index (χ1n) is 10.2. The molecule has 2 rings (SSSR count). The van der Waals surface area contributed by atoms with E-state index in [0.717, 1.165) is 6.54 Å². The Kier molecular flexibility index (Phi) is 7.81. The Morgan fingerprint density at radius 1 is 1.14 bits per heavy atom. The second-order valence-electron chi connectivity index (χ2n) is 8.55. The fourth-order valence-corrected chi connectivity index (χ4v) is 3.00. The van der Waals surface area contributed by atoms with Crippen molar-refractivity contribution < 1.29 is 9.21 Å². The van der Waals surface area contributed by atoms with E-state index in [2.05, 4.69) is 81.9 Å². The lowest BCUT2D eigenvalue weighted by Gasteiger charge is -2.31. The Hall–Kier alpha value is -2.14. The van der Waals surface area contributed by atoms with Crippen LogP contribution in [0.4, 0.5) is 0 Å². The van der Waals surface area contributed by atoms with Crippen LogP contribution >= 0.6 is 0 Å². The minimum atomic E-state index is -0.179. The number of oxazole rings is 1. The predicted octanol–water partition coefficient (Wildman–Crippen LogP) is 4.72. The fraction of sp³-hybridized carbons (Fsp3) is 0.565. The number of rotatable bonds is 9. The van der Waals surface area contributed by atoms with Crippen molar-refractivity contribution in [1.82, 2.24) is 15.2 Å². The molecule has 0 radical (unpaired) electrons. The molecule has 0 saturated heterocycles. The van der Waals surface area contributed by atoms with Gasteiger partial charge < -0.3 is 9.73 Å². The Labute approximate surface area is 169 Å². The molecule has 1 amide bonds. The fourth-order valence-electron chi connectivity index (χ4n) is 3.00. The molecule has 0 aliphatic heterocycles. The first kappa shape index (κ1) is 22.2. The molecule has 0 aliphatic carbocycles. The lowest BCUT2D eigenvalue weighted by atomic mass is 10.0. The lowest BCUT2D eigenvalue weighted by molar-refractivity contribution is 0.0943. The van der Waals surface area contributed by atoms with Crippen LogP contribution in [-0.2, 0) is 13.1 Å². The van der Waals surface area contributed by atoms with E-state index in [0.29, 0.717) is 42.6 Å². The molecule has 1 aromatic heterocycles. The van der Waals surface area contributed by atoms with Gasteiger partial charge in [0.25, 0.3) is 5.91 Å². The highest BCUT2D eigenvalue weighted by molar-refractivity contribution is 5.91. The Morgan fingerprint density at radius 2 is 1.86 bits per heavy atom. The molecule has 1 aromatic carbocycles. The Balaban J connectivity index is 2.15. The summed E-state index contributed by atoms with van der Waals surface area (Å²) in [4.78, 5) is 19.0. The van der Waals surface area contributed by atoms with Gasteiger partial charge in [-0.2, -0.15) is 0 Å². The Morgan fingerprint density at radius 3 is 2.50 bits per heavy atom. The minimum absolute atomic E-state index is 0.179. The first-order chi connectivity index (χ1) is 13.2. The van der Waals surface area contributed by atoms with Crippen molar-refractivity contribution in [2.24, 2.45) is 11.8 Å². The first-order valence-corrected chi connectivity index (χ1v) is 10.2. The summed E-state index contributed by atoms with van der Waals surface area (Å²) in [5, 5.41) is 2.88. The monoisotopic (exact) mass is 385 g/mol. The number of amides is 1. The van der Waals surface area contributed by atoms with Crippen LogP contribution in [0, 0.1) is 25.7 Å². The van der Waals surface area contributed by atoms with Gasteiger partial charge in [0.05, 0.1) is 6.54 Å². The summed E-state index contributed by atoms with van der Waals surface area (Å²) in [5.41, 5.74) is 4.21. The molecule has 2 aromatic rings. The molecule has 0 spiro atoms. The summed E-state index contributed by atoms with van der Waals surface area (Å²) in [6.07, 6.45) is 1.46. The van der Waals surface area contributed by atoms with Crippen LogP contribution in [0.5, 0.6) is 0 Å². The molecule has 1 N–H and O–H groups in total. The number of aryl methyl sites for hydroxylation is 2. The molecule has 0 aliphatic rings. The van der Waals surface area contributed by atoms with Gasteiger partial charge in [0.1, 0.15) is 6.26 Å². The maximum atomic E-state index is 12.2. The zero-order valence-electron chi connectivity index (χ0n) is 18.4. The molecule has 0 saturated carbocycles. The van der Waals surface area contributed by atoms with Crippen LogP contribution in [-0.4, -0.2) is 28.4 Å². The molecule has 154 valence electrons. The number of benzene rings is 1. The SMILES string of the molecule is Cc1ccc(C)c(CN(Cc2nc(C(=O)NCC(C)C)co2)C(C)C(C)C)c1. The summed E-state index contributed by atoms with van der Waals surface area (Å²) in [6.45, 7) is 17.1. The number of nitrogens with zero attached hydrogens (tertiary/aromatic N) is 2. The van der Waals surface area contributed by atoms with Crippen LogP contribution in [0.15, 0.2) is 28.9 Å². The standard InChI is InChI=1S/C23H35N3O2/c1-15(2)11-24-23(27)21-14-28-22(25-21)13-26(19(7)16(3)4)12-20-10-17(5)8-9-18(20)6/h8-10,14-16,19H,11-13H2,1-7H3,(H,24,27). The van der Waals surface area contributed by atoms with Gasteiger partial charge in [0.2, 0.25) is 5.89 Å². The summed E-state index contributed by atoms with van der Waals surface area (Å²) >= 11 is 0. The second-order valence-corrected chi connectivity index (χ2v) is 8.55. The maximum absolute atomic E-state index is 12.2. The van der Waals surface area contributed by atoms with E-state index in [-0.39, 0.29) is 5.91 Å². The van der Waals surface area contributed by atoms with Crippen molar-refractivity contribution in [2.75, 3.05) is 6.54 Å². The molecule has 5 nitrogen and oxygen atoms in total. The van der Waals surface area contributed by atoms with E-state index in [1.165, 1.54) is 23.0 Å². The van der Waals surface area contributed by atoms with Crippen LogP contribution in [0.25, 0.3) is 0 Å². The van der Waals surface area contributed by atoms with Crippen LogP contribution in [0.2, 0.25) is 0 Å². The summed E-state index contributed by atoms with van der Waals surface area (Å²) < 4.78 is 5.63. The molecule has 1 atom stereocenters. The lowest BCUT2D eigenvalue weighted by Crippen LogP contribution is -2.36. The third-order valence-electron chi connectivity index (χ3n) is 5.21. The van der Waals surface area contributed by atoms with Crippen molar-refractivity contribution in [1.29, 1.82) is 0 Å². The summed E-state index contributed by atoms with van der Waals surface area (Å²) in [5.74, 6) is 1.29. The van der Waals surface area contributed by atoms with Crippen molar-refractivity contribution in [2.45, 2.75) is 67.6 Å². The predicted molar refractivity (Wildman–Crippen MR) is 113 cm³/mol. The zero-order valence-corrected chi connectivity index (χ0v) is 18.4.